The SMILES string of the molecule is CCOC(=O)N=P(/N=C(\C)c1ccc(C)cc1)(c1ccccc1)c1ccccc1. The van der Waals surface area contributed by atoms with Gasteiger partial charge in [-0.2, -0.15) is 4.74 Å². The molecule has 0 aliphatic carbocycles. The Morgan fingerprint density at radius 3 is 1.86 bits per heavy atom. The molecule has 5 heteroatoms. The molecule has 0 spiro atoms. The van der Waals surface area contributed by atoms with Gasteiger partial charge in [0.25, 0.3) is 0 Å². The third-order valence-corrected chi connectivity index (χ3v) is 7.57. The molecule has 4 nitrogen and oxygen atoms in total. The van der Waals surface area contributed by atoms with Crippen LogP contribution in [-0.2, 0) is 4.74 Å². The van der Waals surface area contributed by atoms with Crippen molar-refractivity contribution < 1.29 is 9.53 Å². The summed E-state index contributed by atoms with van der Waals surface area (Å²) in [5.41, 5.74) is 3.02. The van der Waals surface area contributed by atoms with E-state index in [1.165, 1.54) is 5.56 Å². The molecule has 148 valence electrons. The average molecular weight is 404 g/mol. The highest BCUT2D eigenvalue weighted by Crippen LogP contribution is 2.49. The molecule has 1 amide bonds. The number of carbonyl (C=O) groups excluding carboxylic acids is 1. The first-order chi connectivity index (χ1) is 14.0. The topological polar surface area (TPSA) is 51.0 Å². The van der Waals surface area contributed by atoms with Crippen molar-refractivity contribution in [3.05, 3.63) is 96.1 Å². The van der Waals surface area contributed by atoms with Crippen LogP contribution in [0.5, 0.6) is 0 Å². The van der Waals surface area contributed by atoms with Crippen LogP contribution in [-0.4, -0.2) is 18.4 Å². The molecule has 0 saturated heterocycles. The fourth-order valence-electron chi connectivity index (χ4n) is 3.01. The number of hydrogen-bond donors (Lipinski definition) is 0. The van der Waals surface area contributed by atoms with Crippen molar-refractivity contribution in [3.8, 4) is 0 Å². The van der Waals surface area contributed by atoms with Crippen LogP contribution in [0.2, 0.25) is 0 Å². The molecule has 29 heavy (non-hydrogen) atoms. The molecule has 0 aliphatic rings. The van der Waals surface area contributed by atoms with Gasteiger partial charge in [-0.3, -0.25) is 0 Å². The highest BCUT2D eigenvalue weighted by atomic mass is 31.2. The summed E-state index contributed by atoms with van der Waals surface area (Å²) in [4.78, 5) is 12.5. The lowest BCUT2D eigenvalue weighted by Crippen LogP contribution is -2.17. The van der Waals surface area contributed by atoms with Crippen LogP contribution in [0.15, 0.2) is 94.4 Å². The molecule has 0 saturated carbocycles. The first-order valence-electron chi connectivity index (χ1n) is 9.59. The van der Waals surface area contributed by atoms with E-state index in [9.17, 15) is 4.79 Å². The van der Waals surface area contributed by atoms with E-state index in [1.54, 1.807) is 6.92 Å². The van der Waals surface area contributed by atoms with Gasteiger partial charge in [0, 0.05) is 16.3 Å². The second-order valence-electron chi connectivity index (χ2n) is 6.62. The van der Waals surface area contributed by atoms with Gasteiger partial charge in [-0.15, -0.1) is 0 Å². The lowest BCUT2D eigenvalue weighted by Gasteiger charge is -2.22. The van der Waals surface area contributed by atoms with Crippen LogP contribution in [0.1, 0.15) is 25.0 Å². The Morgan fingerprint density at radius 1 is 0.862 bits per heavy atom. The van der Waals surface area contributed by atoms with E-state index in [4.69, 9.17) is 9.50 Å². The highest BCUT2D eigenvalue weighted by Gasteiger charge is 2.27. The summed E-state index contributed by atoms with van der Waals surface area (Å²) in [6.45, 7) is 6.06. The van der Waals surface area contributed by atoms with E-state index in [0.29, 0.717) is 0 Å². The Balaban J connectivity index is 2.31. The predicted octanol–water partition coefficient (Wildman–Crippen LogP) is 5.73. The normalized spacial score (nSPS) is 11.8. The van der Waals surface area contributed by atoms with Crippen LogP contribution in [0, 0.1) is 6.92 Å². The van der Waals surface area contributed by atoms with E-state index in [2.05, 4.69) is 23.8 Å². The van der Waals surface area contributed by atoms with Crippen LogP contribution in [0.25, 0.3) is 0 Å². The van der Waals surface area contributed by atoms with E-state index in [1.807, 2.05) is 79.7 Å². The summed E-state index contributed by atoms with van der Waals surface area (Å²) in [5.74, 6) is 0. The van der Waals surface area contributed by atoms with Crippen molar-refractivity contribution in [2.24, 2.45) is 9.51 Å². The van der Waals surface area contributed by atoms with Crippen LogP contribution in [0.4, 0.5) is 4.79 Å². The van der Waals surface area contributed by atoms with Crippen molar-refractivity contribution in [3.63, 3.8) is 0 Å². The third-order valence-electron chi connectivity index (χ3n) is 4.49. The Bertz CT molecular complexity index is 1000. The zero-order valence-electron chi connectivity index (χ0n) is 16.9. The number of amides is 1. The molecule has 3 aromatic rings. The fourth-order valence-corrected chi connectivity index (χ4v) is 5.84. The van der Waals surface area contributed by atoms with Gasteiger partial charge in [-0.1, -0.05) is 90.5 Å². The van der Waals surface area contributed by atoms with Crippen molar-refractivity contribution in [1.29, 1.82) is 0 Å². The number of benzene rings is 3. The first kappa shape index (κ1) is 20.8. The molecule has 0 fully saturated rings. The van der Waals surface area contributed by atoms with Gasteiger partial charge in [0.15, 0.2) is 0 Å². The minimum absolute atomic E-state index is 0.270. The maximum atomic E-state index is 12.5. The molecule has 0 radical (unpaired) electrons. The number of carbonyl (C=O) groups is 1. The van der Waals surface area contributed by atoms with E-state index in [0.717, 1.165) is 21.9 Å². The Morgan fingerprint density at radius 2 is 1.38 bits per heavy atom. The summed E-state index contributed by atoms with van der Waals surface area (Å²) in [6.07, 6.45) is -0.589. The van der Waals surface area contributed by atoms with Crippen molar-refractivity contribution in [2.45, 2.75) is 20.8 Å². The van der Waals surface area contributed by atoms with Gasteiger partial charge < -0.3 is 4.74 Å². The molecule has 0 atom stereocenters. The Hall–Kier alpha value is -2.97. The largest absolute Gasteiger partial charge is 0.448 e. The highest BCUT2D eigenvalue weighted by molar-refractivity contribution is 7.80. The van der Waals surface area contributed by atoms with Gasteiger partial charge in [0.1, 0.15) is 7.21 Å². The van der Waals surface area contributed by atoms with Gasteiger partial charge in [0.05, 0.1) is 6.61 Å². The zero-order valence-corrected chi connectivity index (χ0v) is 17.8. The number of aryl methyl sites for hydroxylation is 1. The number of nitrogens with zero attached hydrogens (tertiary/aromatic N) is 2. The maximum Gasteiger partial charge on any atom is 0.434 e. The van der Waals surface area contributed by atoms with Crippen LogP contribution in [0.3, 0.4) is 0 Å². The third kappa shape index (κ3) is 4.90. The zero-order chi connectivity index (χ0) is 20.7. The molecule has 0 bridgehead atoms. The molecule has 0 N–H and O–H groups in total. The molecule has 3 rings (SSSR count). The first-order valence-corrected chi connectivity index (χ1v) is 11.3. The summed E-state index contributed by atoms with van der Waals surface area (Å²) in [6, 6.07) is 27.8. The minimum Gasteiger partial charge on any atom is -0.448 e. The van der Waals surface area contributed by atoms with Gasteiger partial charge in [0.2, 0.25) is 0 Å². The average Bonchev–Trinajstić information content (AvgIpc) is 2.75. The summed E-state index contributed by atoms with van der Waals surface area (Å²) in [5, 5.41) is 1.82. The monoisotopic (exact) mass is 404 g/mol. The van der Waals surface area contributed by atoms with Crippen molar-refractivity contribution >= 4 is 29.6 Å². The fraction of sp³-hybridized carbons (Fsp3) is 0.167. The summed E-state index contributed by atoms with van der Waals surface area (Å²) < 4.78 is 14.9. The van der Waals surface area contributed by atoms with E-state index < -0.39 is 13.3 Å². The van der Waals surface area contributed by atoms with Gasteiger partial charge >= 0.3 is 6.09 Å². The smallest absolute Gasteiger partial charge is 0.434 e. The minimum atomic E-state index is -2.78. The molecule has 3 aromatic carbocycles. The lowest BCUT2D eigenvalue weighted by atomic mass is 10.1. The van der Waals surface area contributed by atoms with Crippen molar-refractivity contribution in [2.75, 3.05) is 6.61 Å². The Kier molecular flexibility index (Phi) is 6.79. The lowest BCUT2D eigenvalue weighted by molar-refractivity contribution is 0.164. The van der Waals surface area contributed by atoms with E-state index >= 15 is 0 Å². The predicted molar refractivity (Wildman–Crippen MR) is 122 cm³/mol. The molecule has 0 aliphatic heterocycles. The standard InChI is InChI=1S/C24H25N2O2P/c1-4-28-24(27)26-29(22-11-7-5-8-12-22,23-13-9-6-10-14-23)25-20(3)21-17-15-19(2)16-18-21/h5-18H,4H2,1-3H3/b25-20+. The second-order valence-corrected chi connectivity index (χ2v) is 9.26. The summed E-state index contributed by atoms with van der Waals surface area (Å²) >= 11 is 0. The number of hydrogen-bond acceptors (Lipinski definition) is 2. The maximum absolute atomic E-state index is 12.5. The van der Waals surface area contributed by atoms with Gasteiger partial charge in [-0.05, 0) is 26.3 Å². The molecule has 0 unspecified atom stereocenters. The molecule has 0 heterocycles. The molecular weight excluding hydrogens is 379 g/mol. The molecular formula is C24H25N2O2P. The number of ether oxygens (including phenoxy) is 1. The Labute approximate surface area is 172 Å². The van der Waals surface area contributed by atoms with Crippen LogP contribution < -0.4 is 10.6 Å². The number of rotatable bonds is 5. The quantitative estimate of drug-likeness (QED) is 0.403. The van der Waals surface area contributed by atoms with E-state index in [-0.39, 0.29) is 6.61 Å². The van der Waals surface area contributed by atoms with Crippen molar-refractivity contribution in [1.82, 2.24) is 0 Å². The van der Waals surface area contributed by atoms with Crippen LogP contribution >= 0.6 is 7.21 Å². The second kappa shape index (κ2) is 9.49. The molecule has 0 aromatic heterocycles. The van der Waals surface area contributed by atoms with Gasteiger partial charge in [-0.25, -0.2) is 9.56 Å². The summed E-state index contributed by atoms with van der Waals surface area (Å²) in [7, 11) is -2.78.